The number of ether oxygens (including phenoxy) is 1. The van der Waals surface area contributed by atoms with E-state index in [1.54, 1.807) is 11.8 Å². The number of thioether (sulfide) groups is 1. The lowest BCUT2D eigenvalue weighted by atomic mass is 9.97. The molecule has 1 aliphatic rings. The Kier molecular flexibility index (Phi) is 7.14. The minimum Gasteiger partial charge on any atom is -0.373 e. The topological polar surface area (TPSA) is 50.4 Å². The van der Waals surface area contributed by atoms with Gasteiger partial charge in [-0.25, -0.2) is 4.79 Å². The molecule has 0 saturated carbocycles. The second-order valence-corrected chi connectivity index (χ2v) is 6.25. The fourth-order valence-electron chi connectivity index (χ4n) is 2.43. The van der Waals surface area contributed by atoms with Gasteiger partial charge in [0.1, 0.15) is 0 Å². The fourth-order valence-corrected chi connectivity index (χ4v) is 2.94. The van der Waals surface area contributed by atoms with Crippen LogP contribution in [0.15, 0.2) is 30.3 Å². The van der Waals surface area contributed by atoms with E-state index in [9.17, 15) is 4.79 Å². The van der Waals surface area contributed by atoms with Gasteiger partial charge in [-0.1, -0.05) is 36.3 Å². The first-order valence-electron chi connectivity index (χ1n) is 7.51. The summed E-state index contributed by atoms with van der Waals surface area (Å²) in [5.41, 5.74) is 1.17. The first kappa shape index (κ1) is 16.7. The maximum absolute atomic E-state index is 11.9. The number of amides is 2. The van der Waals surface area contributed by atoms with Crippen molar-refractivity contribution in [2.75, 3.05) is 24.7 Å². The van der Waals surface area contributed by atoms with Crippen LogP contribution in [0.2, 0.25) is 0 Å². The van der Waals surface area contributed by atoms with Crippen molar-refractivity contribution >= 4 is 17.8 Å². The molecular formula is C17H22N2O2S. The van der Waals surface area contributed by atoms with Gasteiger partial charge < -0.3 is 15.4 Å². The van der Waals surface area contributed by atoms with Gasteiger partial charge in [-0.15, -0.1) is 18.2 Å². The first-order valence-corrected chi connectivity index (χ1v) is 8.67. The summed E-state index contributed by atoms with van der Waals surface area (Å²) in [7, 11) is 0. The molecule has 1 aromatic carbocycles. The van der Waals surface area contributed by atoms with Crippen LogP contribution in [0.4, 0.5) is 4.79 Å². The van der Waals surface area contributed by atoms with Gasteiger partial charge in [0.25, 0.3) is 0 Å². The van der Waals surface area contributed by atoms with Gasteiger partial charge in [0.05, 0.1) is 11.9 Å². The van der Waals surface area contributed by atoms with E-state index in [2.05, 4.69) is 28.7 Å². The third kappa shape index (κ3) is 5.63. The molecule has 22 heavy (non-hydrogen) atoms. The summed E-state index contributed by atoms with van der Waals surface area (Å²) in [6.45, 7) is 1.30. The Morgan fingerprint density at radius 3 is 3.00 bits per heavy atom. The van der Waals surface area contributed by atoms with Crippen LogP contribution in [0.1, 0.15) is 24.5 Å². The minimum atomic E-state index is -0.111. The molecule has 0 unspecified atom stereocenters. The largest absolute Gasteiger partial charge is 0.373 e. The summed E-state index contributed by atoms with van der Waals surface area (Å²) < 4.78 is 5.81. The van der Waals surface area contributed by atoms with Crippen LogP contribution in [0.5, 0.6) is 0 Å². The Balaban J connectivity index is 1.71. The Hall–Kier alpha value is -1.64. The van der Waals surface area contributed by atoms with E-state index in [0.717, 1.165) is 18.6 Å². The maximum Gasteiger partial charge on any atom is 0.315 e. The molecule has 2 atom stereocenters. The summed E-state index contributed by atoms with van der Waals surface area (Å²) in [5.74, 6) is 4.08. The zero-order chi connectivity index (χ0) is 15.6. The number of urea groups is 1. The molecular weight excluding hydrogens is 296 g/mol. The van der Waals surface area contributed by atoms with Crippen molar-refractivity contribution in [3.8, 4) is 12.3 Å². The number of carbonyl (C=O) groups is 1. The normalized spacial score (nSPS) is 20.9. The summed E-state index contributed by atoms with van der Waals surface area (Å²) in [5, 5.41) is 5.89. The highest BCUT2D eigenvalue weighted by atomic mass is 32.2. The van der Waals surface area contributed by atoms with Gasteiger partial charge >= 0.3 is 6.03 Å². The van der Waals surface area contributed by atoms with Crippen LogP contribution in [-0.2, 0) is 4.74 Å². The summed E-state index contributed by atoms with van der Waals surface area (Å²) in [4.78, 5) is 11.9. The molecule has 0 radical (unpaired) electrons. The average molecular weight is 318 g/mol. The van der Waals surface area contributed by atoms with Crippen molar-refractivity contribution < 1.29 is 9.53 Å². The molecule has 2 N–H and O–H groups in total. The molecule has 1 aromatic rings. The van der Waals surface area contributed by atoms with Crippen molar-refractivity contribution in [1.82, 2.24) is 10.6 Å². The third-order valence-electron chi connectivity index (χ3n) is 3.51. The number of carbonyl (C=O) groups excluding carboxylic acids is 1. The minimum absolute atomic E-state index is 0.0615. The third-order valence-corrected chi connectivity index (χ3v) is 4.37. The van der Waals surface area contributed by atoms with E-state index in [4.69, 9.17) is 11.2 Å². The molecule has 1 fully saturated rings. The van der Waals surface area contributed by atoms with Crippen LogP contribution >= 0.6 is 11.8 Å². The number of hydrogen-bond acceptors (Lipinski definition) is 3. The lowest BCUT2D eigenvalue weighted by Gasteiger charge is -2.30. The van der Waals surface area contributed by atoms with Gasteiger partial charge in [0.15, 0.2) is 0 Å². The van der Waals surface area contributed by atoms with Crippen LogP contribution < -0.4 is 10.6 Å². The van der Waals surface area contributed by atoms with E-state index >= 15 is 0 Å². The molecule has 5 heteroatoms. The monoisotopic (exact) mass is 318 g/mol. The molecule has 0 aliphatic carbocycles. The van der Waals surface area contributed by atoms with Gasteiger partial charge in [0, 0.05) is 24.9 Å². The van der Waals surface area contributed by atoms with Gasteiger partial charge in [-0.2, -0.15) is 0 Å². The van der Waals surface area contributed by atoms with E-state index in [1.807, 2.05) is 18.2 Å². The van der Waals surface area contributed by atoms with Crippen molar-refractivity contribution in [3.05, 3.63) is 35.9 Å². The van der Waals surface area contributed by atoms with Crippen molar-refractivity contribution in [2.24, 2.45) is 0 Å². The van der Waals surface area contributed by atoms with Crippen LogP contribution in [0, 0.1) is 12.3 Å². The van der Waals surface area contributed by atoms with E-state index in [0.29, 0.717) is 18.9 Å². The zero-order valence-corrected chi connectivity index (χ0v) is 13.4. The van der Waals surface area contributed by atoms with Gasteiger partial charge in [-0.3, -0.25) is 0 Å². The number of rotatable bonds is 6. The van der Waals surface area contributed by atoms with Gasteiger partial charge in [-0.05, 0) is 18.4 Å². The number of benzene rings is 1. The summed E-state index contributed by atoms with van der Waals surface area (Å²) >= 11 is 1.64. The number of terminal acetylenes is 1. The fraction of sp³-hybridized carbons (Fsp3) is 0.471. The molecule has 0 bridgehead atoms. The highest BCUT2D eigenvalue weighted by Gasteiger charge is 2.24. The molecule has 0 spiro atoms. The lowest BCUT2D eigenvalue weighted by molar-refractivity contribution is 0.00228. The molecule has 2 amide bonds. The Morgan fingerprint density at radius 2 is 2.23 bits per heavy atom. The van der Waals surface area contributed by atoms with Crippen LogP contribution in [0.3, 0.4) is 0 Å². The van der Waals surface area contributed by atoms with E-state index < -0.39 is 0 Å². The number of hydrogen-bond donors (Lipinski definition) is 2. The maximum atomic E-state index is 11.9. The highest BCUT2D eigenvalue weighted by Crippen LogP contribution is 2.27. The summed E-state index contributed by atoms with van der Waals surface area (Å²) in [6, 6.07) is 10.2. The van der Waals surface area contributed by atoms with Crippen molar-refractivity contribution in [1.29, 1.82) is 0 Å². The van der Waals surface area contributed by atoms with Crippen molar-refractivity contribution in [3.63, 3.8) is 0 Å². The zero-order valence-electron chi connectivity index (χ0n) is 12.6. The molecule has 118 valence electrons. The smallest absolute Gasteiger partial charge is 0.315 e. The summed E-state index contributed by atoms with van der Waals surface area (Å²) in [6.07, 6.45) is 6.89. The molecule has 0 aromatic heterocycles. The molecule has 1 saturated heterocycles. The predicted octanol–water partition coefficient (Wildman–Crippen LogP) is 2.57. The number of nitrogens with one attached hydrogen (secondary N) is 2. The Morgan fingerprint density at radius 1 is 1.41 bits per heavy atom. The Labute approximate surface area is 136 Å². The van der Waals surface area contributed by atoms with E-state index in [-0.39, 0.29) is 18.2 Å². The molecule has 1 aliphatic heterocycles. The highest BCUT2D eigenvalue weighted by molar-refractivity contribution is 7.99. The Bertz CT molecular complexity index is 501. The second kappa shape index (κ2) is 9.39. The lowest BCUT2D eigenvalue weighted by Crippen LogP contribution is -2.45. The molecule has 1 heterocycles. The SMILES string of the molecule is C#CCSCCNC(=O)N[C@H]1CCO[C@@H](c2ccccc2)C1. The van der Waals surface area contributed by atoms with Crippen LogP contribution in [0.25, 0.3) is 0 Å². The van der Waals surface area contributed by atoms with Crippen LogP contribution in [-0.4, -0.2) is 36.7 Å². The first-order chi connectivity index (χ1) is 10.8. The molecule has 2 rings (SSSR count). The van der Waals surface area contributed by atoms with Gasteiger partial charge in [0.2, 0.25) is 0 Å². The molecule has 4 nitrogen and oxygen atoms in total. The predicted molar refractivity (Wildman–Crippen MR) is 90.8 cm³/mol. The van der Waals surface area contributed by atoms with E-state index in [1.165, 1.54) is 5.56 Å². The average Bonchev–Trinajstić information content (AvgIpc) is 2.56. The second-order valence-electron chi connectivity index (χ2n) is 5.15. The quantitative estimate of drug-likeness (QED) is 0.626. The van der Waals surface area contributed by atoms with Crippen molar-refractivity contribution in [2.45, 2.75) is 25.0 Å². The standard InChI is InChI=1S/C17H22N2O2S/c1-2-11-22-12-9-18-17(20)19-15-8-10-21-16(13-15)14-6-4-3-5-7-14/h1,3-7,15-16H,8-13H2,(H2,18,19,20)/t15-,16+/m0/s1.